The predicted octanol–water partition coefficient (Wildman–Crippen LogP) is 1.25. The molecule has 2 nitrogen and oxygen atoms in total. The Bertz CT molecular complexity index is 95.1. The topological polar surface area (TPSA) is 20.3 Å². The monoisotopic (exact) mass is 193 g/mol. The van der Waals surface area contributed by atoms with Gasteiger partial charge in [0.05, 0.1) is 0 Å². The van der Waals surface area contributed by atoms with E-state index < -0.39 is 0 Å². The van der Waals surface area contributed by atoms with Gasteiger partial charge in [-0.2, -0.15) is 0 Å². The number of nitrogens with zero attached hydrogens (tertiary/aromatic N) is 1. The maximum atomic E-state index is 10.5. The molecule has 0 unspecified atom stereocenters. The zero-order chi connectivity index (χ0) is 7.28. The van der Waals surface area contributed by atoms with E-state index in [-0.39, 0.29) is 0 Å². The number of carbonyl (C=O) groups excluding carboxylic acids is 1. The lowest BCUT2D eigenvalue weighted by atomic mass is 10.4. The van der Waals surface area contributed by atoms with Gasteiger partial charge in [0.15, 0.2) is 0 Å². The van der Waals surface area contributed by atoms with Crippen LogP contribution in [0.15, 0.2) is 0 Å². The molecule has 0 spiro atoms. The maximum Gasteiger partial charge on any atom is 0.222 e. The molecule has 0 saturated carbocycles. The molecule has 1 fully saturated rings. The van der Waals surface area contributed by atoms with Gasteiger partial charge >= 0.3 is 0 Å². The second kappa shape index (κ2) is 4.79. The Balaban J connectivity index is 0.000000291. The van der Waals surface area contributed by atoms with Crippen LogP contribution in [-0.4, -0.2) is 30.2 Å². The minimum atomic E-state index is 0.292. The van der Waals surface area contributed by atoms with Gasteiger partial charge in [-0.15, -0.1) is 0 Å². The number of rotatable bonds is 0. The van der Waals surface area contributed by atoms with E-state index in [0.717, 1.165) is 19.4 Å². The molecule has 1 aliphatic heterocycles. The van der Waals surface area contributed by atoms with Crippen molar-refractivity contribution in [3.63, 3.8) is 0 Å². The van der Waals surface area contributed by atoms with Crippen LogP contribution in [0.4, 0.5) is 0 Å². The van der Waals surface area contributed by atoms with Crippen molar-refractivity contribution in [2.45, 2.75) is 12.8 Å². The van der Waals surface area contributed by atoms with E-state index in [1.807, 2.05) is 12.9 Å². The summed E-state index contributed by atoms with van der Waals surface area (Å²) in [4.78, 5) is 12.3. The zero-order valence-electron chi connectivity index (χ0n) is 5.85. The third-order valence-corrected chi connectivity index (χ3v) is 1.31. The van der Waals surface area contributed by atoms with E-state index in [0.29, 0.717) is 5.91 Å². The van der Waals surface area contributed by atoms with Crippen LogP contribution in [0.25, 0.3) is 0 Å². The average molecular weight is 194 g/mol. The minimum absolute atomic E-state index is 0.292. The molecule has 1 aliphatic rings. The Labute approximate surface area is 64.4 Å². The van der Waals surface area contributed by atoms with Crippen molar-refractivity contribution in [2.24, 2.45) is 0 Å². The third kappa shape index (κ3) is 2.84. The maximum absolute atomic E-state index is 10.5. The molecule has 0 aromatic carbocycles. The number of alkyl halides is 1. The summed E-state index contributed by atoms with van der Waals surface area (Å²) in [6.07, 6.45) is 1.81. The van der Waals surface area contributed by atoms with Crippen LogP contribution < -0.4 is 0 Å². The van der Waals surface area contributed by atoms with Crippen LogP contribution in [0.3, 0.4) is 0 Å². The van der Waals surface area contributed by atoms with Gasteiger partial charge in [-0.05, 0) is 12.3 Å². The molecule has 0 aromatic heterocycles. The fourth-order valence-electron chi connectivity index (χ4n) is 0.783. The first kappa shape index (κ1) is 8.95. The van der Waals surface area contributed by atoms with Gasteiger partial charge in [0, 0.05) is 20.0 Å². The number of carbonyl (C=O) groups is 1. The normalized spacial score (nSPS) is 17.2. The van der Waals surface area contributed by atoms with E-state index in [2.05, 4.69) is 15.9 Å². The Kier molecular flexibility index (Phi) is 4.77. The summed E-state index contributed by atoms with van der Waals surface area (Å²) >= 11 is 2.94. The number of hydrogen-bond donors (Lipinski definition) is 0. The van der Waals surface area contributed by atoms with Crippen LogP contribution in [0.1, 0.15) is 12.8 Å². The Morgan fingerprint density at radius 1 is 1.56 bits per heavy atom. The molecule has 3 heteroatoms. The van der Waals surface area contributed by atoms with Crippen molar-refractivity contribution in [1.29, 1.82) is 0 Å². The number of hydrogen-bond acceptors (Lipinski definition) is 1. The number of halogens is 1. The van der Waals surface area contributed by atoms with Gasteiger partial charge in [0.1, 0.15) is 0 Å². The van der Waals surface area contributed by atoms with Crippen molar-refractivity contribution in [2.75, 3.05) is 19.4 Å². The summed E-state index contributed by atoms with van der Waals surface area (Å²) in [6.45, 7) is 0.957. The molecule has 1 rings (SSSR count). The Morgan fingerprint density at radius 2 is 2.11 bits per heavy atom. The summed E-state index contributed by atoms with van der Waals surface area (Å²) in [5.41, 5.74) is 0. The van der Waals surface area contributed by atoms with Gasteiger partial charge in [-0.25, -0.2) is 0 Å². The average Bonchev–Trinajstić information content (AvgIpc) is 2.23. The molecule has 0 N–H and O–H groups in total. The summed E-state index contributed by atoms with van der Waals surface area (Å²) < 4.78 is 0. The van der Waals surface area contributed by atoms with E-state index >= 15 is 0 Å². The second-order valence-electron chi connectivity index (χ2n) is 1.92. The molecule has 0 bridgehead atoms. The third-order valence-electron chi connectivity index (χ3n) is 1.31. The van der Waals surface area contributed by atoms with Gasteiger partial charge in [0.25, 0.3) is 0 Å². The van der Waals surface area contributed by atoms with E-state index in [1.165, 1.54) is 0 Å². The lowest BCUT2D eigenvalue weighted by molar-refractivity contribution is -0.126. The number of likely N-dealkylation sites (tertiary alicyclic amines) is 1. The molecule has 9 heavy (non-hydrogen) atoms. The van der Waals surface area contributed by atoms with Crippen LogP contribution in [0.5, 0.6) is 0 Å². The van der Waals surface area contributed by atoms with Crippen molar-refractivity contribution >= 4 is 21.8 Å². The standard InChI is InChI=1S/C5H9NO.CH3Br/c1-6-4-2-3-5(6)7;1-2/h2-4H2,1H3;1H3. The highest BCUT2D eigenvalue weighted by Gasteiger charge is 2.14. The van der Waals surface area contributed by atoms with E-state index in [4.69, 9.17) is 0 Å². The minimum Gasteiger partial charge on any atom is -0.346 e. The van der Waals surface area contributed by atoms with Crippen molar-refractivity contribution in [1.82, 2.24) is 4.90 Å². The molecular weight excluding hydrogens is 182 g/mol. The molecule has 1 heterocycles. The van der Waals surface area contributed by atoms with E-state index in [1.54, 1.807) is 4.90 Å². The second-order valence-corrected chi connectivity index (χ2v) is 1.92. The number of amides is 1. The quantitative estimate of drug-likeness (QED) is 0.531. The zero-order valence-corrected chi connectivity index (χ0v) is 7.44. The lowest BCUT2D eigenvalue weighted by Crippen LogP contribution is -2.17. The van der Waals surface area contributed by atoms with Crippen LogP contribution in [0, 0.1) is 0 Å². The lowest BCUT2D eigenvalue weighted by Gasteiger charge is -2.03. The first-order chi connectivity index (χ1) is 4.30. The summed E-state index contributed by atoms with van der Waals surface area (Å²) in [5, 5.41) is 0. The fourth-order valence-corrected chi connectivity index (χ4v) is 0.783. The highest BCUT2D eigenvalue weighted by atomic mass is 79.9. The van der Waals surface area contributed by atoms with Gasteiger partial charge in [-0.1, -0.05) is 15.9 Å². The molecule has 54 valence electrons. The molecule has 0 radical (unpaired) electrons. The first-order valence-electron chi connectivity index (χ1n) is 2.92. The SMILES string of the molecule is CBr.CN1CCCC1=O. The Morgan fingerprint density at radius 3 is 2.22 bits per heavy atom. The van der Waals surface area contributed by atoms with Crippen LogP contribution in [0.2, 0.25) is 0 Å². The molecule has 0 aliphatic carbocycles. The molecule has 0 atom stereocenters. The van der Waals surface area contributed by atoms with Crippen molar-refractivity contribution in [3.8, 4) is 0 Å². The molecular formula is C6H12BrNO. The van der Waals surface area contributed by atoms with Crippen LogP contribution >= 0.6 is 15.9 Å². The smallest absolute Gasteiger partial charge is 0.222 e. The van der Waals surface area contributed by atoms with Crippen molar-refractivity contribution in [3.05, 3.63) is 0 Å². The summed E-state index contributed by atoms with van der Waals surface area (Å²) in [7, 11) is 1.84. The highest BCUT2D eigenvalue weighted by Crippen LogP contribution is 2.04. The summed E-state index contributed by atoms with van der Waals surface area (Å²) in [5.74, 6) is 2.10. The van der Waals surface area contributed by atoms with Gasteiger partial charge in [0.2, 0.25) is 5.91 Å². The van der Waals surface area contributed by atoms with E-state index in [9.17, 15) is 4.79 Å². The largest absolute Gasteiger partial charge is 0.346 e. The highest BCUT2D eigenvalue weighted by molar-refractivity contribution is 9.08. The summed E-state index contributed by atoms with van der Waals surface area (Å²) in [6, 6.07) is 0. The van der Waals surface area contributed by atoms with Gasteiger partial charge in [-0.3, -0.25) is 4.79 Å². The predicted molar refractivity (Wildman–Crippen MR) is 41.7 cm³/mol. The van der Waals surface area contributed by atoms with Gasteiger partial charge < -0.3 is 4.90 Å². The molecule has 1 amide bonds. The van der Waals surface area contributed by atoms with Crippen LogP contribution in [-0.2, 0) is 4.79 Å². The fraction of sp³-hybridized carbons (Fsp3) is 0.833. The molecule has 1 saturated heterocycles. The first-order valence-corrected chi connectivity index (χ1v) is 4.51. The molecule has 0 aromatic rings. The van der Waals surface area contributed by atoms with Crippen molar-refractivity contribution < 1.29 is 4.79 Å². The Hall–Kier alpha value is -0.0500.